The second-order valence-electron chi connectivity index (χ2n) is 5.81. The van der Waals surface area contributed by atoms with Crippen LogP contribution in [0.5, 0.6) is 0 Å². The third-order valence-electron chi connectivity index (χ3n) is 4.74. The predicted molar refractivity (Wildman–Crippen MR) is 93.7 cm³/mol. The predicted octanol–water partition coefficient (Wildman–Crippen LogP) is 3.03. The van der Waals surface area contributed by atoms with Crippen LogP contribution in [0.2, 0.25) is 0 Å². The number of aliphatic hydroxyl groups is 1. The smallest absolute Gasteiger partial charge is 0.103 e. The highest BCUT2D eigenvalue weighted by Crippen LogP contribution is 2.46. The number of fused-ring (bicyclic) bond motifs is 3. The highest BCUT2D eigenvalue weighted by Gasteiger charge is 2.42. The number of nitrogens with zero attached hydrogens (tertiary/aromatic N) is 3. The van der Waals surface area contributed by atoms with Crippen LogP contribution in [0.15, 0.2) is 40.0 Å². The fourth-order valence-corrected chi connectivity index (χ4v) is 4.30. The summed E-state index contributed by atoms with van der Waals surface area (Å²) in [7, 11) is 0. The van der Waals surface area contributed by atoms with Crippen LogP contribution in [-0.2, 0) is 0 Å². The fourth-order valence-electron chi connectivity index (χ4n) is 3.72. The summed E-state index contributed by atoms with van der Waals surface area (Å²) in [6.45, 7) is 0. The van der Waals surface area contributed by atoms with E-state index in [2.05, 4.69) is 24.9 Å². The van der Waals surface area contributed by atoms with Crippen molar-refractivity contribution in [1.82, 2.24) is 9.55 Å². The normalized spacial score (nSPS) is 28.7. The van der Waals surface area contributed by atoms with Gasteiger partial charge in [0.1, 0.15) is 6.10 Å². The molecule has 2 heterocycles. The molecule has 0 radical (unpaired) electrons. The molecule has 0 amide bonds. The Balaban J connectivity index is 1.82. The van der Waals surface area contributed by atoms with Gasteiger partial charge in [-0.1, -0.05) is 24.3 Å². The lowest BCUT2D eigenvalue weighted by atomic mass is 9.77. The van der Waals surface area contributed by atoms with E-state index in [0.29, 0.717) is 17.8 Å². The van der Waals surface area contributed by atoms with Crippen molar-refractivity contribution < 1.29 is 5.11 Å². The Morgan fingerprint density at radius 1 is 1.36 bits per heavy atom. The molecule has 4 rings (SSSR count). The molecule has 0 unspecified atom stereocenters. The molecule has 6 heteroatoms. The Morgan fingerprint density at radius 2 is 2.18 bits per heavy atom. The van der Waals surface area contributed by atoms with E-state index >= 15 is 0 Å². The first kappa shape index (κ1) is 14.1. The molecule has 0 bridgehead atoms. The molecular formula is C16H15IN4O. The molecule has 0 spiro atoms. The van der Waals surface area contributed by atoms with Crippen molar-refractivity contribution in [1.29, 1.82) is 5.41 Å². The summed E-state index contributed by atoms with van der Waals surface area (Å²) < 4.78 is 6.27. The molecule has 2 N–H and O–H groups in total. The number of benzene rings is 1. The maximum absolute atomic E-state index is 10.7. The molecule has 0 saturated heterocycles. The van der Waals surface area contributed by atoms with E-state index in [4.69, 9.17) is 5.41 Å². The van der Waals surface area contributed by atoms with Crippen molar-refractivity contribution >= 4 is 34.3 Å². The molecule has 1 aromatic carbocycles. The van der Waals surface area contributed by atoms with Crippen molar-refractivity contribution in [3.05, 3.63) is 42.4 Å². The number of aromatic nitrogens is 2. The summed E-state index contributed by atoms with van der Waals surface area (Å²) >= 11 is 1.88. The van der Waals surface area contributed by atoms with Gasteiger partial charge in [0.25, 0.3) is 0 Å². The van der Waals surface area contributed by atoms with Crippen LogP contribution in [0.1, 0.15) is 24.4 Å². The monoisotopic (exact) mass is 406 g/mol. The zero-order chi connectivity index (χ0) is 15.3. The van der Waals surface area contributed by atoms with Crippen LogP contribution in [0, 0.1) is 11.3 Å². The van der Waals surface area contributed by atoms with E-state index in [1.54, 1.807) is 0 Å². The number of imidazole rings is 1. The second-order valence-corrected chi connectivity index (χ2v) is 6.30. The minimum atomic E-state index is -0.704. The quantitative estimate of drug-likeness (QED) is 0.715. The van der Waals surface area contributed by atoms with Gasteiger partial charge in [0.05, 0.1) is 58.5 Å². The standard InChI is InChI=1S/C16H15IN4O/c17-20-14-12(18)6-5-11(16(14)22)15-10-4-2-1-3-9(10)13-7-19-8-21(13)15/h1-4,7-8,11,15-16,18,22H,5-6H2/t11-,15+,16-/m0/s1. The molecule has 3 atom stereocenters. The summed E-state index contributed by atoms with van der Waals surface area (Å²) in [5.41, 5.74) is 4.48. The Kier molecular flexibility index (Phi) is 3.37. The molecule has 1 fully saturated rings. The number of hydrogen-bond acceptors (Lipinski definition) is 4. The maximum atomic E-state index is 10.7. The van der Waals surface area contributed by atoms with E-state index in [0.717, 1.165) is 12.1 Å². The summed E-state index contributed by atoms with van der Waals surface area (Å²) in [5, 5.41) is 18.7. The summed E-state index contributed by atoms with van der Waals surface area (Å²) in [6.07, 6.45) is 4.46. The number of nitrogens with one attached hydrogen (secondary N) is 1. The van der Waals surface area contributed by atoms with Crippen LogP contribution in [0.3, 0.4) is 0 Å². The third-order valence-corrected chi connectivity index (χ3v) is 5.26. The average molecular weight is 406 g/mol. The van der Waals surface area contributed by atoms with Gasteiger partial charge in [-0.05, 0) is 18.4 Å². The second kappa shape index (κ2) is 5.27. The summed E-state index contributed by atoms with van der Waals surface area (Å²) in [5.74, 6) is 0.0132. The van der Waals surface area contributed by atoms with Crippen molar-refractivity contribution in [2.24, 2.45) is 9.12 Å². The van der Waals surface area contributed by atoms with Gasteiger partial charge in [-0.15, -0.1) is 0 Å². The zero-order valence-electron chi connectivity index (χ0n) is 11.8. The molecule has 5 nitrogen and oxygen atoms in total. The number of halogens is 1. The Bertz CT molecular complexity index is 782. The van der Waals surface area contributed by atoms with E-state index < -0.39 is 6.10 Å². The minimum Gasteiger partial charge on any atom is -0.386 e. The lowest BCUT2D eigenvalue weighted by Crippen LogP contribution is -2.43. The lowest BCUT2D eigenvalue weighted by Gasteiger charge is -2.34. The lowest BCUT2D eigenvalue weighted by molar-refractivity contribution is 0.135. The van der Waals surface area contributed by atoms with Crippen LogP contribution in [0.4, 0.5) is 0 Å². The Morgan fingerprint density at radius 3 is 3.00 bits per heavy atom. The van der Waals surface area contributed by atoms with Crippen molar-refractivity contribution in [3.63, 3.8) is 0 Å². The van der Waals surface area contributed by atoms with Gasteiger partial charge in [0.15, 0.2) is 0 Å². The fraction of sp³-hybridized carbons (Fsp3) is 0.312. The Hall–Kier alpha value is -1.54. The third kappa shape index (κ3) is 1.90. The number of aliphatic hydroxyl groups excluding tert-OH is 1. The topological polar surface area (TPSA) is 74.3 Å². The van der Waals surface area contributed by atoms with Crippen LogP contribution in [0.25, 0.3) is 11.3 Å². The van der Waals surface area contributed by atoms with Gasteiger partial charge >= 0.3 is 0 Å². The molecule has 1 aliphatic carbocycles. The van der Waals surface area contributed by atoms with Gasteiger partial charge < -0.3 is 15.1 Å². The SMILES string of the molecule is N=C1CC[C@@H]([C@H]2c3ccccc3-c3cncn32)[C@H](O)C1=NI. The van der Waals surface area contributed by atoms with Gasteiger partial charge in [0.2, 0.25) is 0 Å². The van der Waals surface area contributed by atoms with E-state index in [-0.39, 0.29) is 12.0 Å². The molecule has 2 aliphatic rings. The summed E-state index contributed by atoms with van der Waals surface area (Å²) in [4.78, 5) is 4.27. The molecule has 22 heavy (non-hydrogen) atoms. The van der Waals surface area contributed by atoms with Crippen LogP contribution in [-0.4, -0.2) is 32.2 Å². The van der Waals surface area contributed by atoms with Gasteiger partial charge in [-0.2, -0.15) is 0 Å². The van der Waals surface area contributed by atoms with E-state index in [9.17, 15) is 5.11 Å². The zero-order valence-corrected chi connectivity index (χ0v) is 13.9. The number of hydrogen-bond donors (Lipinski definition) is 2. The van der Waals surface area contributed by atoms with Crippen molar-refractivity contribution in [2.45, 2.75) is 25.0 Å². The largest absolute Gasteiger partial charge is 0.386 e. The van der Waals surface area contributed by atoms with Crippen LogP contribution >= 0.6 is 22.9 Å². The first-order chi connectivity index (χ1) is 10.7. The van der Waals surface area contributed by atoms with Crippen molar-refractivity contribution in [3.8, 4) is 11.3 Å². The molecule has 2 aromatic rings. The number of rotatable bonds is 1. The summed E-state index contributed by atoms with van der Waals surface area (Å²) in [6, 6.07) is 8.36. The molecule has 1 aromatic heterocycles. The van der Waals surface area contributed by atoms with E-state index in [1.165, 1.54) is 11.1 Å². The molecule has 112 valence electrons. The molecule has 1 aliphatic heterocycles. The molecule has 1 saturated carbocycles. The van der Waals surface area contributed by atoms with Crippen LogP contribution < -0.4 is 0 Å². The van der Waals surface area contributed by atoms with E-state index in [1.807, 2.05) is 47.5 Å². The first-order valence-electron chi connectivity index (χ1n) is 7.28. The minimum absolute atomic E-state index is 0.0132. The maximum Gasteiger partial charge on any atom is 0.103 e. The Labute approximate surface area is 142 Å². The molecular weight excluding hydrogens is 391 g/mol. The average Bonchev–Trinajstić information content (AvgIpc) is 3.09. The van der Waals surface area contributed by atoms with Gasteiger partial charge in [-0.3, -0.25) is 0 Å². The van der Waals surface area contributed by atoms with Gasteiger partial charge in [-0.25, -0.2) is 8.19 Å². The van der Waals surface area contributed by atoms with Crippen molar-refractivity contribution in [2.75, 3.05) is 0 Å². The highest BCUT2D eigenvalue weighted by molar-refractivity contribution is 14.1. The highest BCUT2D eigenvalue weighted by atomic mass is 127. The van der Waals surface area contributed by atoms with Gasteiger partial charge in [0, 0.05) is 11.5 Å². The first-order valence-corrected chi connectivity index (χ1v) is 8.24.